The Morgan fingerprint density at radius 3 is 2.48 bits per heavy atom. The molecule has 6 heteroatoms. The molecule has 0 radical (unpaired) electrons. The fraction of sp³-hybridized carbons (Fsp3) is 0.765. The molecule has 0 amide bonds. The Morgan fingerprint density at radius 1 is 1.26 bits per heavy atom. The highest BCUT2D eigenvalue weighted by Crippen LogP contribution is 2.40. The number of aliphatic imine (C=N–C) groups is 1. The molecular weight excluding hydrogens is 419 g/mol. The van der Waals surface area contributed by atoms with Gasteiger partial charge >= 0.3 is 0 Å². The molecule has 1 aromatic heterocycles. The maximum Gasteiger partial charge on any atom is 0.191 e. The van der Waals surface area contributed by atoms with Gasteiger partial charge in [-0.1, -0.05) is 19.8 Å². The zero-order chi connectivity index (χ0) is 16.0. The summed E-state index contributed by atoms with van der Waals surface area (Å²) in [5.74, 6) is 0.921. The summed E-state index contributed by atoms with van der Waals surface area (Å²) >= 11 is 1.80. The zero-order valence-electron chi connectivity index (χ0n) is 14.9. The van der Waals surface area contributed by atoms with E-state index in [0.29, 0.717) is 5.41 Å². The van der Waals surface area contributed by atoms with Gasteiger partial charge in [0, 0.05) is 31.4 Å². The molecule has 1 saturated carbocycles. The maximum atomic E-state index is 4.58. The maximum absolute atomic E-state index is 4.58. The van der Waals surface area contributed by atoms with Crippen LogP contribution >= 0.6 is 35.3 Å². The Labute approximate surface area is 162 Å². The lowest BCUT2D eigenvalue weighted by atomic mass is 9.83. The highest BCUT2D eigenvalue weighted by Gasteiger charge is 2.31. The summed E-state index contributed by atoms with van der Waals surface area (Å²) in [6.45, 7) is 8.45. The van der Waals surface area contributed by atoms with Crippen molar-refractivity contribution >= 4 is 41.3 Å². The number of hydrogen-bond donors (Lipinski definition) is 2. The zero-order valence-corrected chi connectivity index (χ0v) is 18.0. The molecule has 1 aliphatic rings. The van der Waals surface area contributed by atoms with Gasteiger partial charge in [-0.25, -0.2) is 4.98 Å². The monoisotopic (exact) mass is 450 g/mol. The molecule has 4 nitrogen and oxygen atoms in total. The third kappa shape index (κ3) is 5.89. The molecule has 0 atom stereocenters. The van der Waals surface area contributed by atoms with Crippen molar-refractivity contribution < 1.29 is 0 Å². The first-order chi connectivity index (χ1) is 10.6. The summed E-state index contributed by atoms with van der Waals surface area (Å²) in [5, 5.41) is 8.15. The van der Waals surface area contributed by atoms with Gasteiger partial charge in [-0.2, -0.15) is 0 Å². The van der Waals surface area contributed by atoms with Crippen molar-refractivity contribution in [3.63, 3.8) is 0 Å². The molecular formula is C17H31IN4S. The van der Waals surface area contributed by atoms with Crippen LogP contribution in [0.1, 0.15) is 54.6 Å². The van der Waals surface area contributed by atoms with Gasteiger partial charge in [0.2, 0.25) is 0 Å². The van der Waals surface area contributed by atoms with E-state index in [2.05, 4.69) is 41.4 Å². The van der Waals surface area contributed by atoms with E-state index in [1.807, 2.05) is 7.05 Å². The quantitative estimate of drug-likeness (QED) is 0.391. The lowest BCUT2D eigenvalue weighted by molar-refractivity contribution is 0.283. The van der Waals surface area contributed by atoms with Gasteiger partial charge < -0.3 is 10.6 Å². The van der Waals surface area contributed by atoms with E-state index in [1.54, 1.807) is 11.3 Å². The summed E-state index contributed by atoms with van der Waals surface area (Å²) in [6, 6.07) is 0. The number of nitrogens with one attached hydrogen (secondary N) is 2. The number of hydrogen-bond acceptors (Lipinski definition) is 3. The predicted octanol–water partition coefficient (Wildman–Crippen LogP) is 4.06. The lowest BCUT2D eigenvalue weighted by Gasteiger charge is -2.28. The van der Waals surface area contributed by atoms with Crippen LogP contribution in [0.5, 0.6) is 0 Å². The van der Waals surface area contributed by atoms with E-state index in [4.69, 9.17) is 0 Å². The normalized spacial score (nSPS) is 17.0. The van der Waals surface area contributed by atoms with Crippen LogP contribution in [0.4, 0.5) is 0 Å². The number of thiazole rings is 1. The van der Waals surface area contributed by atoms with Crippen molar-refractivity contribution in [3.05, 3.63) is 15.6 Å². The average molecular weight is 450 g/mol. The van der Waals surface area contributed by atoms with E-state index < -0.39 is 0 Å². The van der Waals surface area contributed by atoms with Gasteiger partial charge in [0.15, 0.2) is 5.96 Å². The fourth-order valence-corrected chi connectivity index (χ4v) is 4.14. The van der Waals surface area contributed by atoms with Gasteiger partial charge in [0.1, 0.15) is 0 Å². The Hall–Kier alpha value is -0.370. The SMILES string of the molecule is CCC1(CNC(=NC)NCCc2nc(C)c(C)s2)CCCC1.I. The van der Waals surface area contributed by atoms with Crippen LogP contribution in [0.15, 0.2) is 4.99 Å². The van der Waals surface area contributed by atoms with E-state index >= 15 is 0 Å². The molecule has 132 valence electrons. The topological polar surface area (TPSA) is 49.3 Å². The molecule has 0 bridgehead atoms. The van der Waals surface area contributed by atoms with Crippen molar-refractivity contribution in [1.82, 2.24) is 15.6 Å². The molecule has 1 aromatic rings. The Kier molecular flexibility index (Phi) is 8.82. The molecule has 1 fully saturated rings. The van der Waals surface area contributed by atoms with Crippen LogP contribution < -0.4 is 10.6 Å². The first-order valence-corrected chi connectivity index (χ1v) is 9.27. The van der Waals surface area contributed by atoms with Gasteiger partial charge in [0.05, 0.1) is 10.7 Å². The number of aromatic nitrogens is 1. The molecule has 0 saturated heterocycles. The molecule has 0 spiro atoms. The predicted molar refractivity (Wildman–Crippen MR) is 111 cm³/mol. The Bertz CT molecular complexity index is 487. The third-order valence-electron chi connectivity index (χ3n) is 4.97. The van der Waals surface area contributed by atoms with E-state index in [9.17, 15) is 0 Å². The van der Waals surface area contributed by atoms with E-state index in [0.717, 1.165) is 31.2 Å². The second-order valence-corrected chi connectivity index (χ2v) is 7.70. The summed E-state index contributed by atoms with van der Waals surface area (Å²) in [7, 11) is 1.85. The smallest absolute Gasteiger partial charge is 0.191 e. The summed E-state index contributed by atoms with van der Waals surface area (Å²) in [6.07, 6.45) is 7.68. The van der Waals surface area contributed by atoms with Crippen molar-refractivity contribution in [2.75, 3.05) is 20.1 Å². The van der Waals surface area contributed by atoms with Gasteiger partial charge in [-0.15, -0.1) is 35.3 Å². The minimum absolute atomic E-state index is 0. The first-order valence-electron chi connectivity index (χ1n) is 8.46. The number of guanidine groups is 1. The third-order valence-corrected chi connectivity index (χ3v) is 6.11. The largest absolute Gasteiger partial charge is 0.356 e. The average Bonchev–Trinajstić information content (AvgIpc) is 3.11. The molecule has 1 aliphatic carbocycles. The number of aryl methyl sites for hydroxylation is 2. The van der Waals surface area contributed by atoms with Gasteiger partial charge in [-0.05, 0) is 38.5 Å². The summed E-state index contributed by atoms with van der Waals surface area (Å²) < 4.78 is 0. The standard InChI is InChI=1S/C17H30N4S.HI/c1-5-17(9-6-7-10-17)12-20-16(18-4)19-11-8-15-21-13(2)14(3)22-15;/h5-12H2,1-4H3,(H2,18,19,20);1H. The van der Waals surface area contributed by atoms with Crippen LogP contribution in [0, 0.1) is 19.3 Å². The lowest BCUT2D eigenvalue weighted by Crippen LogP contribution is -2.43. The highest BCUT2D eigenvalue weighted by molar-refractivity contribution is 14.0. The Morgan fingerprint density at radius 2 is 1.96 bits per heavy atom. The van der Waals surface area contributed by atoms with E-state index in [-0.39, 0.29) is 24.0 Å². The fourth-order valence-electron chi connectivity index (χ4n) is 3.21. The Balaban J connectivity index is 0.00000264. The first kappa shape index (κ1) is 20.7. The minimum atomic E-state index is 0. The van der Waals surface area contributed by atoms with E-state index in [1.165, 1.54) is 42.0 Å². The minimum Gasteiger partial charge on any atom is -0.356 e. The van der Waals surface area contributed by atoms with Crippen molar-refractivity contribution in [3.8, 4) is 0 Å². The second-order valence-electron chi connectivity index (χ2n) is 6.41. The van der Waals surface area contributed by atoms with Crippen molar-refractivity contribution in [1.29, 1.82) is 0 Å². The van der Waals surface area contributed by atoms with Crippen LogP contribution in [0.3, 0.4) is 0 Å². The molecule has 1 heterocycles. The summed E-state index contributed by atoms with van der Waals surface area (Å²) in [5.41, 5.74) is 1.65. The van der Waals surface area contributed by atoms with Gasteiger partial charge in [0.25, 0.3) is 0 Å². The number of halogens is 1. The van der Waals surface area contributed by atoms with Crippen molar-refractivity contribution in [2.45, 2.75) is 59.3 Å². The highest BCUT2D eigenvalue weighted by atomic mass is 127. The molecule has 0 aromatic carbocycles. The van der Waals surface area contributed by atoms with Crippen molar-refractivity contribution in [2.24, 2.45) is 10.4 Å². The van der Waals surface area contributed by atoms with Crippen LogP contribution in [0.2, 0.25) is 0 Å². The van der Waals surface area contributed by atoms with Crippen LogP contribution in [-0.2, 0) is 6.42 Å². The van der Waals surface area contributed by atoms with Gasteiger partial charge in [-0.3, -0.25) is 4.99 Å². The molecule has 0 aliphatic heterocycles. The number of nitrogens with zero attached hydrogens (tertiary/aromatic N) is 2. The van der Waals surface area contributed by atoms with Crippen LogP contribution in [0.25, 0.3) is 0 Å². The van der Waals surface area contributed by atoms with Crippen LogP contribution in [-0.4, -0.2) is 31.1 Å². The molecule has 23 heavy (non-hydrogen) atoms. The molecule has 2 N–H and O–H groups in total. The summed E-state index contributed by atoms with van der Waals surface area (Å²) in [4.78, 5) is 10.3. The molecule has 0 unspecified atom stereocenters. The second kappa shape index (κ2) is 9.81. The number of rotatable bonds is 6. The molecule has 2 rings (SSSR count).